The Morgan fingerprint density at radius 3 is 2.79 bits per heavy atom. The lowest BCUT2D eigenvalue weighted by Gasteiger charge is -2.10. The Kier molecular flexibility index (Phi) is 5.01. The molecule has 2 N–H and O–H groups in total. The minimum atomic E-state index is -0.141. The third-order valence-electron chi connectivity index (χ3n) is 3.71. The Bertz CT molecular complexity index is 759. The molecular formula is C18H17ClN2O3. The van der Waals surface area contributed by atoms with Gasteiger partial charge in [-0.05, 0) is 48.4 Å². The van der Waals surface area contributed by atoms with Crippen molar-refractivity contribution in [1.29, 1.82) is 0 Å². The zero-order valence-electron chi connectivity index (χ0n) is 13.0. The van der Waals surface area contributed by atoms with Gasteiger partial charge in [-0.1, -0.05) is 17.7 Å². The molecule has 24 heavy (non-hydrogen) atoms. The smallest absolute Gasteiger partial charge is 0.251 e. The van der Waals surface area contributed by atoms with E-state index in [9.17, 15) is 9.59 Å². The van der Waals surface area contributed by atoms with Crippen molar-refractivity contribution in [2.24, 2.45) is 0 Å². The maximum absolute atomic E-state index is 12.0. The minimum Gasteiger partial charge on any atom is -0.491 e. The molecule has 124 valence electrons. The van der Waals surface area contributed by atoms with Gasteiger partial charge in [0.15, 0.2) is 0 Å². The first-order valence-corrected chi connectivity index (χ1v) is 8.09. The van der Waals surface area contributed by atoms with Crippen LogP contribution in [-0.4, -0.2) is 25.0 Å². The van der Waals surface area contributed by atoms with Crippen molar-refractivity contribution in [2.45, 2.75) is 12.8 Å². The molecule has 2 aromatic carbocycles. The van der Waals surface area contributed by atoms with Crippen molar-refractivity contribution in [3.05, 3.63) is 58.6 Å². The van der Waals surface area contributed by atoms with Crippen molar-refractivity contribution < 1.29 is 14.3 Å². The fourth-order valence-corrected chi connectivity index (χ4v) is 2.57. The number of halogens is 1. The molecule has 1 aliphatic heterocycles. The molecule has 1 heterocycles. The van der Waals surface area contributed by atoms with Gasteiger partial charge in [-0.2, -0.15) is 0 Å². The number of benzene rings is 2. The van der Waals surface area contributed by atoms with E-state index < -0.39 is 0 Å². The van der Waals surface area contributed by atoms with Crippen LogP contribution in [0.5, 0.6) is 5.75 Å². The molecule has 2 amide bonds. The molecule has 0 unspecified atom stereocenters. The first-order chi connectivity index (χ1) is 11.6. The summed E-state index contributed by atoms with van der Waals surface area (Å²) in [4.78, 5) is 23.6. The van der Waals surface area contributed by atoms with Crippen molar-refractivity contribution in [3.8, 4) is 5.75 Å². The Morgan fingerprint density at radius 1 is 1.21 bits per heavy atom. The average Bonchev–Trinajstić information content (AvgIpc) is 2.75. The average molecular weight is 345 g/mol. The molecule has 3 rings (SSSR count). The molecule has 0 aromatic heterocycles. The molecule has 0 saturated heterocycles. The molecule has 0 fully saturated rings. The molecular weight excluding hydrogens is 328 g/mol. The van der Waals surface area contributed by atoms with Crippen LogP contribution in [0.25, 0.3) is 0 Å². The second kappa shape index (κ2) is 7.36. The lowest BCUT2D eigenvalue weighted by Crippen LogP contribution is -2.25. The van der Waals surface area contributed by atoms with Crippen LogP contribution in [0.2, 0.25) is 5.02 Å². The van der Waals surface area contributed by atoms with Crippen LogP contribution >= 0.6 is 11.6 Å². The highest BCUT2D eigenvalue weighted by Gasteiger charge is 2.14. The number of hydrogen-bond acceptors (Lipinski definition) is 3. The van der Waals surface area contributed by atoms with Crippen LogP contribution in [0.3, 0.4) is 0 Å². The monoisotopic (exact) mass is 344 g/mol. The zero-order valence-corrected chi connectivity index (χ0v) is 13.7. The number of fused-ring (bicyclic) bond motifs is 1. The van der Waals surface area contributed by atoms with Gasteiger partial charge in [0.25, 0.3) is 5.91 Å². The van der Waals surface area contributed by atoms with Crippen molar-refractivity contribution >= 4 is 29.1 Å². The van der Waals surface area contributed by atoms with E-state index in [2.05, 4.69) is 10.6 Å². The SMILES string of the molecule is O=C1CCOc2ccc(CCNC(=O)c3ccc(Cl)cc3)cc2N1. The second-order valence-electron chi connectivity index (χ2n) is 5.49. The highest BCUT2D eigenvalue weighted by molar-refractivity contribution is 6.30. The van der Waals surface area contributed by atoms with Crippen LogP contribution < -0.4 is 15.4 Å². The normalized spacial score (nSPS) is 13.3. The third kappa shape index (κ3) is 4.06. The number of carbonyl (C=O) groups is 2. The van der Waals surface area contributed by atoms with E-state index in [1.54, 1.807) is 24.3 Å². The van der Waals surface area contributed by atoms with Crippen LogP contribution in [-0.2, 0) is 11.2 Å². The van der Waals surface area contributed by atoms with E-state index in [0.717, 1.165) is 5.56 Å². The van der Waals surface area contributed by atoms with Gasteiger partial charge in [0.2, 0.25) is 5.91 Å². The first-order valence-electron chi connectivity index (χ1n) is 7.71. The largest absolute Gasteiger partial charge is 0.491 e. The number of amides is 2. The molecule has 2 aromatic rings. The molecule has 0 aliphatic carbocycles. The first kappa shape index (κ1) is 16.3. The zero-order chi connectivity index (χ0) is 16.9. The van der Waals surface area contributed by atoms with E-state index in [0.29, 0.717) is 48.0 Å². The minimum absolute atomic E-state index is 0.0538. The molecule has 0 saturated carbocycles. The van der Waals surface area contributed by atoms with Gasteiger partial charge in [-0.3, -0.25) is 9.59 Å². The number of carbonyl (C=O) groups excluding carboxylic acids is 2. The van der Waals surface area contributed by atoms with Gasteiger partial charge in [-0.15, -0.1) is 0 Å². The van der Waals surface area contributed by atoms with Gasteiger partial charge < -0.3 is 15.4 Å². The van der Waals surface area contributed by atoms with E-state index in [4.69, 9.17) is 16.3 Å². The van der Waals surface area contributed by atoms with Gasteiger partial charge in [0, 0.05) is 17.1 Å². The highest BCUT2D eigenvalue weighted by Crippen LogP contribution is 2.28. The van der Waals surface area contributed by atoms with Crippen molar-refractivity contribution in [3.63, 3.8) is 0 Å². The third-order valence-corrected chi connectivity index (χ3v) is 3.96. The van der Waals surface area contributed by atoms with Crippen LogP contribution in [0.15, 0.2) is 42.5 Å². The van der Waals surface area contributed by atoms with E-state index in [1.165, 1.54) is 0 Å². The van der Waals surface area contributed by atoms with Gasteiger partial charge in [-0.25, -0.2) is 0 Å². The predicted octanol–water partition coefficient (Wildman–Crippen LogP) is 3.03. The maximum atomic E-state index is 12.0. The molecule has 0 spiro atoms. The highest BCUT2D eigenvalue weighted by atomic mass is 35.5. The summed E-state index contributed by atoms with van der Waals surface area (Å²) in [5.41, 5.74) is 2.26. The molecule has 6 heteroatoms. The topological polar surface area (TPSA) is 67.4 Å². The summed E-state index contributed by atoms with van der Waals surface area (Å²) in [5, 5.41) is 6.29. The van der Waals surface area contributed by atoms with Gasteiger partial charge in [0.05, 0.1) is 18.7 Å². The maximum Gasteiger partial charge on any atom is 0.251 e. The molecule has 0 bridgehead atoms. The Morgan fingerprint density at radius 2 is 2.00 bits per heavy atom. The molecule has 1 aliphatic rings. The molecule has 0 radical (unpaired) electrons. The number of anilines is 1. The summed E-state index contributed by atoms with van der Waals surface area (Å²) in [6.45, 7) is 0.879. The fraction of sp³-hybridized carbons (Fsp3) is 0.222. The predicted molar refractivity (Wildman–Crippen MR) is 92.7 cm³/mol. The van der Waals surface area contributed by atoms with E-state index in [-0.39, 0.29) is 11.8 Å². The second-order valence-corrected chi connectivity index (χ2v) is 5.93. The Labute approximate surface area is 145 Å². The Hall–Kier alpha value is -2.53. The Balaban J connectivity index is 1.58. The van der Waals surface area contributed by atoms with Crippen LogP contribution in [0.1, 0.15) is 22.3 Å². The van der Waals surface area contributed by atoms with Crippen LogP contribution in [0.4, 0.5) is 5.69 Å². The number of hydrogen-bond donors (Lipinski definition) is 2. The lowest BCUT2D eigenvalue weighted by atomic mass is 10.1. The van der Waals surface area contributed by atoms with Gasteiger partial charge in [0.1, 0.15) is 5.75 Å². The quantitative estimate of drug-likeness (QED) is 0.895. The molecule has 5 nitrogen and oxygen atoms in total. The summed E-state index contributed by atoms with van der Waals surface area (Å²) < 4.78 is 5.52. The van der Waals surface area contributed by atoms with E-state index >= 15 is 0 Å². The summed E-state index contributed by atoms with van der Waals surface area (Å²) >= 11 is 5.81. The van der Waals surface area contributed by atoms with Crippen molar-refractivity contribution in [1.82, 2.24) is 5.32 Å². The lowest BCUT2D eigenvalue weighted by molar-refractivity contribution is -0.116. The molecule has 0 atom stereocenters. The van der Waals surface area contributed by atoms with Gasteiger partial charge >= 0.3 is 0 Å². The summed E-state index contributed by atoms with van der Waals surface area (Å²) in [7, 11) is 0. The van der Waals surface area contributed by atoms with Crippen LogP contribution in [0, 0.1) is 0 Å². The number of ether oxygens (including phenoxy) is 1. The summed E-state index contributed by atoms with van der Waals surface area (Å²) in [6, 6.07) is 12.4. The summed E-state index contributed by atoms with van der Waals surface area (Å²) in [5.74, 6) is 0.481. The van der Waals surface area contributed by atoms with E-state index in [1.807, 2.05) is 18.2 Å². The standard InChI is InChI=1S/C18H17ClN2O3/c19-14-4-2-13(3-5-14)18(23)20-9-7-12-1-6-16-15(11-12)21-17(22)8-10-24-16/h1-6,11H,7-10H2,(H,20,23)(H,21,22). The number of rotatable bonds is 4. The number of nitrogens with one attached hydrogen (secondary N) is 2. The van der Waals surface area contributed by atoms with Crippen molar-refractivity contribution in [2.75, 3.05) is 18.5 Å². The summed E-state index contributed by atoms with van der Waals surface area (Å²) in [6.07, 6.45) is 1.00. The fourth-order valence-electron chi connectivity index (χ4n) is 2.45.